The van der Waals surface area contributed by atoms with Gasteiger partial charge in [0.2, 0.25) is 11.8 Å². The van der Waals surface area contributed by atoms with E-state index in [4.69, 9.17) is 4.74 Å². The van der Waals surface area contributed by atoms with E-state index in [1.165, 1.54) is 18.6 Å². The summed E-state index contributed by atoms with van der Waals surface area (Å²) in [6, 6.07) is 12.6. The minimum absolute atomic E-state index is 0.0293. The van der Waals surface area contributed by atoms with Gasteiger partial charge in [-0.15, -0.1) is 0 Å². The van der Waals surface area contributed by atoms with E-state index in [2.05, 4.69) is 21.3 Å². The van der Waals surface area contributed by atoms with Crippen LogP contribution in [0.2, 0.25) is 0 Å². The first kappa shape index (κ1) is 27.7. The summed E-state index contributed by atoms with van der Waals surface area (Å²) in [7, 11) is 1.65. The topological polar surface area (TPSA) is 97.9 Å². The molecule has 2 aliphatic heterocycles. The second kappa shape index (κ2) is 11.1. The van der Waals surface area contributed by atoms with Gasteiger partial charge in [0, 0.05) is 79.2 Å². The molecule has 1 aromatic heterocycles. The van der Waals surface area contributed by atoms with Gasteiger partial charge in [-0.3, -0.25) is 14.5 Å². The van der Waals surface area contributed by atoms with Crippen molar-refractivity contribution in [3.8, 4) is 5.75 Å². The Labute approximate surface area is 239 Å². The number of methoxy groups -OCH3 is 1. The van der Waals surface area contributed by atoms with Gasteiger partial charge < -0.3 is 25.0 Å². The first-order valence-corrected chi connectivity index (χ1v) is 14.6. The number of fused-ring (bicyclic) bond motifs is 4. The maximum Gasteiger partial charge on any atom is 0.225 e. The van der Waals surface area contributed by atoms with Crippen LogP contribution in [0.3, 0.4) is 0 Å². The van der Waals surface area contributed by atoms with Gasteiger partial charge in [0.05, 0.1) is 19.8 Å². The number of halogens is 1. The lowest BCUT2D eigenvalue weighted by Gasteiger charge is -2.51. The minimum Gasteiger partial charge on any atom is -0.497 e. The van der Waals surface area contributed by atoms with Crippen LogP contribution in [0.25, 0.3) is 10.9 Å². The summed E-state index contributed by atoms with van der Waals surface area (Å²) in [4.78, 5) is 32.4. The summed E-state index contributed by atoms with van der Waals surface area (Å²) in [5.41, 5.74) is 3.50. The number of aromatic nitrogens is 1. The Morgan fingerprint density at radius 2 is 1.93 bits per heavy atom. The Balaban J connectivity index is 1.27. The molecule has 3 aliphatic rings. The highest BCUT2D eigenvalue weighted by molar-refractivity contribution is 5.88. The van der Waals surface area contributed by atoms with Crippen molar-refractivity contribution in [3.63, 3.8) is 0 Å². The van der Waals surface area contributed by atoms with Crippen molar-refractivity contribution in [2.75, 3.05) is 39.9 Å². The molecule has 1 atom stereocenters. The number of aliphatic hydroxyl groups is 1. The average Bonchev–Trinajstić information content (AvgIpc) is 3.33. The number of aromatic amines is 1. The van der Waals surface area contributed by atoms with Crippen LogP contribution in [-0.4, -0.2) is 71.6 Å². The highest BCUT2D eigenvalue weighted by atomic mass is 19.1. The molecule has 1 saturated carbocycles. The number of nitrogens with one attached hydrogen (secondary N) is 2. The van der Waals surface area contributed by atoms with Crippen molar-refractivity contribution in [1.82, 2.24) is 20.1 Å². The molecule has 8 nitrogen and oxygen atoms in total. The zero-order chi connectivity index (χ0) is 28.7. The number of rotatable bonds is 7. The predicted molar refractivity (Wildman–Crippen MR) is 154 cm³/mol. The molecule has 2 amide bonds. The first-order valence-electron chi connectivity index (χ1n) is 14.6. The fraction of sp³-hybridized carbons (Fsp3) is 0.500. The number of piperidine rings is 1. The molecule has 3 heterocycles. The van der Waals surface area contributed by atoms with Gasteiger partial charge in [0.25, 0.3) is 0 Å². The Hall–Kier alpha value is -3.43. The molecule has 2 fully saturated rings. The van der Waals surface area contributed by atoms with Gasteiger partial charge in [-0.2, -0.15) is 0 Å². The van der Waals surface area contributed by atoms with Crippen LogP contribution in [0.4, 0.5) is 4.39 Å². The third-order valence-electron chi connectivity index (χ3n) is 9.61. The zero-order valence-electron chi connectivity index (χ0n) is 23.8. The number of ether oxygens (including phenoxy) is 1. The lowest BCUT2D eigenvalue weighted by molar-refractivity contribution is -0.141. The number of aliphatic hydroxyl groups excluding tert-OH is 1. The lowest BCUT2D eigenvalue weighted by atomic mass is 9.67. The van der Waals surface area contributed by atoms with Crippen LogP contribution < -0.4 is 10.1 Å². The Kier molecular flexibility index (Phi) is 7.50. The van der Waals surface area contributed by atoms with Crippen molar-refractivity contribution < 1.29 is 23.8 Å². The standard InChI is InChI=1S/C32H39FN4O4/c1-20(39)34-16-21-13-23(14-21)31(40)36-11-9-32(10-12-36)19-37(17-22-5-3-4-6-26(22)33)28(18-38)30-29(32)25-8-7-24(41-2)15-27(25)35-30/h3-8,15,21,23,28,35,38H,9-14,16-19H2,1-2H3,(H,34,39). The zero-order valence-corrected chi connectivity index (χ0v) is 23.8. The van der Waals surface area contributed by atoms with Crippen LogP contribution in [0.1, 0.15) is 55.5 Å². The summed E-state index contributed by atoms with van der Waals surface area (Å²) in [5, 5.41) is 14.6. The van der Waals surface area contributed by atoms with E-state index in [1.807, 2.05) is 23.1 Å². The van der Waals surface area contributed by atoms with E-state index >= 15 is 0 Å². The molecule has 41 heavy (non-hydrogen) atoms. The quantitative estimate of drug-likeness (QED) is 0.406. The van der Waals surface area contributed by atoms with Crippen LogP contribution in [-0.2, 0) is 21.5 Å². The summed E-state index contributed by atoms with van der Waals surface area (Å²) < 4.78 is 20.2. The highest BCUT2D eigenvalue weighted by Crippen LogP contribution is 2.50. The van der Waals surface area contributed by atoms with Crippen LogP contribution in [0.15, 0.2) is 42.5 Å². The number of hydrogen-bond acceptors (Lipinski definition) is 5. The van der Waals surface area contributed by atoms with Gasteiger partial charge in [0.15, 0.2) is 0 Å². The van der Waals surface area contributed by atoms with Crippen molar-refractivity contribution in [3.05, 3.63) is 65.1 Å². The second-order valence-corrected chi connectivity index (χ2v) is 12.1. The molecule has 3 aromatic rings. The average molecular weight is 563 g/mol. The SMILES string of the molecule is COc1ccc2c3c([nH]c2c1)C(CO)N(Cc1ccccc1F)CC31CCN(C(=O)C2CC(CNC(C)=O)C2)CC1. The number of benzene rings is 2. The fourth-order valence-corrected chi connectivity index (χ4v) is 7.34. The molecule has 218 valence electrons. The molecular weight excluding hydrogens is 523 g/mol. The number of amides is 2. The summed E-state index contributed by atoms with van der Waals surface area (Å²) in [6.07, 6.45) is 3.23. The van der Waals surface area contributed by atoms with Gasteiger partial charge >= 0.3 is 0 Å². The van der Waals surface area contributed by atoms with E-state index in [1.54, 1.807) is 19.2 Å². The molecule has 6 rings (SSSR count). The molecule has 0 bridgehead atoms. The Bertz CT molecular complexity index is 1440. The molecule has 1 aliphatic carbocycles. The monoisotopic (exact) mass is 562 g/mol. The molecule has 2 aromatic carbocycles. The Morgan fingerprint density at radius 1 is 1.17 bits per heavy atom. The molecule has 3 N–H and O–H groups in total. The van der Waals surface area contributed by atoms with Crippen molar-refractivity contribution in [1.29, 1.82) is 0 Å². The van der Waals surface area contributed by atoms with Gasteiger partial charge in [-0.1, -0.05) is 18.2 Å². The van der Waals surface area contributed by atoms with Crippen LogP contribution >= 0.6 is 0 Å². The van der Waals surface area contributed by atoms with E-state index in [-0.39, 0.29) is 41.6 Å². The van der Waals surface area contributed by atoms with Crippen molar-refractivity contribution in [2.45, 2.75) is 50.6 Å². The van der Waals surface area contributed by atoms with E-state index in [0.29, 0.717) is 44.2 Å². The number of likely N-dealkylation sites (tertiary alicyclic amines) is 1. The number of carbonyl (C=O) groups excluding carboxylic acids is 2. The summed E-state index contributed by atoms with van der Waals surface area (Å²) in [5.74, 6) is 1.10. The highest BCUT2D eigenvalue weighted by Gasteiger charge is 2.48. The van der Waals surface area contributed by atoms with Gasteiger partial charge in [-0.25, -0.2) is 4.39 Å². The van der Waals surface area contributed by atoms with Gasteiger partial charge in [-0.05, 0) is 55.4 Å². The summed E-state index contributed by atoms with van der Waals surface area (Å²) in [6.45, 7) is 4.44. The minimum atomic E-state index is -0.302. The molecule has 1 unspecified atom stereocenters. The Morgan fingerprint density at radius 3 is 2.61 bits per heavy atom. The van der Waals surface area contributed by atoms with E-state index in [9.17, 15) is 19.1 Å². The molecule has 1 saturated heterocycles. The van der Waals surface area contributed by atoms with Gasteiger partial charge in [0.1, 0.15) is 11.6 Å². The number of hydrogen-bond donors (Lipinski definition) is 3. The summed E-state index contributed by atoms with van der Waals surface area (Å²) >= 11 is 0. The molecule has 9 heteroatoms. The second-order valence-electron chi connectivity index (χ2n) is 12.1. The first-order chi connectivity index (χ1) is 19.8. The number of H-pyrrole nitrogens is 1. The van der Waals surface area contributed by atoms with Crippen LogP contribution in [0, 0.1) is 17.7 Å². The van der Waals surface area contributed by atoms with Crippen LogP contribution in [0.5, 0.6) is 5.75 Å². The van der Waals surface area contributed by atoms with Crippen molar-refractivity contribution >= 4 is 22.7 Å². The number of nitrogens with zero attached hydrogens (tertiary/aromatic N) is 2. The molecular formula is C32H39FN4O4. The maximum absolute atomic E-state index is 14.8. The normalized spacial score (nSPS) is 23.7. The third kappa shape index (κ3) is 5.10. The lowest BCUT2D eigenvalue weighted by Crippen LogP contribution is -2.55. The van der Waals surface area contributed by atoms with Crippen molar-refractivity contribution in [2.24, 2.45) is 11.8 Å². The predicted octanol–water partition coefficient (Wildman–Crippen LogP) is 3.89. The fourth-order valence-electron chi connectivity index (χ4n) is 7.34. The molecule has 1 spiro atoms. The number of carbonyl (C=O) groups is 2. The molecule has 0 radical (unpaired) electrons. The largest absolute Gasteiger partial charge is 0.497 e. The maximum atomic E-state index is 14.8. The van der Waals surface area contributed by atoms with E-state index < -0.39 is 0 Å². The third-order valence-corrected chi connectivity index (χ3v) is 9.61. The smallest absolute Gasteiger partial charge is 0.225 e. The van der Waals surface area contributed by atoms with E-state index in [0.717, 1.165) is 48.0 Å².